The van der Waals surface area contributed by atoms with Crippen LogP contribution < -0.4 is 13.1 Å². The highest BCUT2D eigenvalue weighted by molar-refractivity contribution is 7.82. The largest absolute Gasteiger partial charge is 0.504 e. The Morgan fingerprint density at radius 3 is 2.78 bits per heavy atom. The summed E-state index contributed by atoms with van der Waals surface area (Å²) < 4.78 is 36.7. The Balaban J connectivity index is 2.68. The molecule has 7 nitrogen and oxygen atoms in total. The van der Waals surface area contributed by atoms with Crippen molar-refractivity contribution in [3.63, 3.8) is 0 Å². The van der Waals surface area contributed by atoms with Gasteiger partial charge < -0.3 is 23.3 Å². The molecule has 0 spiro atoms. The van der Waals surface area contributed by atoms with Crippen molar-refractivity contribution in [2.45, 2.75) is 0 Å². The van der Waals surface area contributed by atoms with Crippen molar-refractivity contribution >= 4 is 16.5 Å². The minimum atomic E-state index is -4.21. The van der Waals surface area contributed by atoms with Crippen LogP contribution in [0.5, 0.6) is 23.0 Å². The van der Waals surface area contributed by atoms with E-state index in [1.54, 1.807) is 0 Å². The van der Waals surface area contributed by atoms with Gasteiger partial charge in [0, 0.05) is 6.07 Å². The molecule has 0 amide bonds. The highest BCUT2D eigenvalue weighted by Crippen LogP contribution is 2.48. The van der Waals surface area contributed by atoms with E-state index in [9.17, 15) is 13.5 Å². The van der Waals surface area contributed by atoms with Gasteiger partial charge in [0.15, 0.2) is 11.5 Å². The van der Waals surface area contributed by atoms with Gasteiger partial charge in [-0.25, -0.2) is 0 Å². The maximum absolute atomic E-state index is 11.3. The molecule has 1 aliphatic heterocycles. The molecule has 0 radical (unpaired) electrons. The van der Waals surface area contributed by atoms with Crippen molar-refractivity contribution in [3.8, 4) is 23.0 Å². The molecule has 8 heteroatoms. The number of phenols is 1. The SMILES string of the molecule is COc1c(O)cc2c(/C=C/CO)c1OS(=O)(=O)O2. The molecule has 1 heterocycles. The van der Waals surface area contributed by atoms with Crippen molar-refractivity contribution in [3.05, 3.63) is 17.7 Å². The van der Waals surface area contributed by atoms with Crippen LogP contribution in [-0.4, -0.2) is 32.3 Å². The number of aromatic hydroxyl groups is 1. The summed E-state index contributed by atoms with van der Waals surface area (Å²) in [6, 6.07) is 1.10. The van der Waals surface area contributed by atoms with Crippen molar-refractivity contribution in [2.75, 3.05) is 13.7 Å². The fourth-order valence-electron chi connectivity index (χ4n) is 1.52. The number of aliphatic hydroxyl groups is 1. The first kappa shape index (κ1) is 12.5. The minimum Gasteiger partial charge on any atom is -0.504 e. The van der Waals surface area contributed by atoms with Gasteiger partial charge in [0.25, 0.3) is 0 Å². The summed E-state index contributed by atoms with van der Waals surface area (Å²) in [5.74, 6) is -0.704. The first-order valence-corrected chi connectivity index (χ1v) is 6.17. The molecule has 2 N–H and O–H groups in total. The number of methoxy groups -OCH3 is 1. The monoisotopic (exact) mass is 274 g/mol. The molecule has 2 rings (SSSR count). The Morgan fingerprint density at radius 1 is 1.44 bits per heavy atom. The van der Waals surface area contributed by atoms with Gasteiger partial charge in [0.2, 0.25) is 11.5 Å². The normalized spacial score (nSPS) is 16.1. The van der Waals surface area contributed by atoms with Crippen LogP contribution in [0, 0.1) is 0 Å². The van der Waals surface area contributed by atoms with Crippen molar-refractivity contribution in [1.82, 2.24) is 0 Å². The van der Waals surface area contributed by atoms with Gasteiger partial charge in [0.05, 0.1) is 19.3 Å². The van der Waals surface area contributed by atoms with Crippen molar-refractivity contribution in [1.29, 1.82) is 0 Å². The van der Waals surface area contributed by atoms with Crippen LogP contribution in [0.15, 0.2) is 12.1 Å². The standard InChI is InChI=1S/C10H10O7S/c1-15-10-7(12)5-8-6(3-2-4-11)9(10)17-18(13,14)16-8/h2-3,5,11-12H,4H2,1H3/b3-2+. The second-order valence-electron chi connectivity index (χ2n) is 3.33. The first-order valence-electron chi connectivity index (χ1n) is 4.83. The predicted octanol–water partition coefficient (Wildman–Crippen LogP) is 0.422. The summed E-state index contributed by atoms with van der Waals surface area (Å²) in [5, 5.41) is 18.3. The summed E-state index contributed by atoms with van der Waals surface area (Å²) in [4.78, 5) is 0. The smallest absolute Gasteiger partial charge is 0.501 e. The zero-order valence-corrected chi connectivity index (χ0v) is 10.1. The molecule has 1 aromatic rings. The van der Waals surface area contributed by atoms with Gasteiger partial charge in [-0.15, -0.1) is 8.42 Å². The van der Waals surface area contributed by atoms with Crippen LogP contribution in [-0.2, 0) is 10.4 Å². The van der Waals surface area contributed by atoms with E-state index in [-0.39, 0.29) is 35.2 Å². The number of aliphatic hydroxyl groups excluding tert-OH is 1. The third-order valence-electron chi connectivity index (χ3n) is 2.19. The highest BCUT2D eigenvalue weighted by atomic mass is 32.3. The molecule has 0 saturated carbocycles. The van der Waals surface area contributed by atoms with E-state index in [1.807, 2.05) is 0 Å². The quantitative estimate of drug-likeness (QED) is 0.823. The van der Waals surface area contributed by atoms with Crippen LogP contribution in [0.3, 0.4) is 0 Å². The maximum Gasteiger partial charge on any atom is 0.501 e. The summed E-state index contributed by atoms with van der Waals surface area (Å²) in [7, 11) is -2.95. The first-order chi connectivity index (χ1) is 8.48. The summed E-state index contributed by atoms with van der Waals surface area (Å²) in [5.41, 5.74) is 0.258. The number of fused-ring (bicyclic) bond motifs is 2. The van der Waals surface area contributed by atoms with E-state index < -0.39 is 10.4 Å². The van der Waals surface area contributed by atoms with E-state index in [2.05, 4.69) is 8.37 Å². The van der Waals surface area contributed by atoms with E-state index in [1.165, 1.54) is 19.3 Å². The molecular weight excluding hydrogens is 264 g/mol. The van der Waals surface area contributed by atoms with Crippen LogP contribution in [0.4, 0.5) is 0 Å². The van der Waals surface area contributed by atoms with Crippen LogP contribution in [0.2, 0.25) is 0 Å². The molecule has 98 valence electrons. The van der Waals surface area contributed by atoms with Gasteiger partial charge in [0.1, 0.15) is 0 Å². The van der Waals surface area contributed by atoms with Gasteiger partial charge >= 0.3 is 10.4 Å². The van der Waals surface area contributed by atoms with Crippen LogP contribution >= 0.6 is 0 Å². The van der Waals surface area contributed by atoms with E-state index in [0.29, 0.717) is 0 Å². The molecule has 18 heavy (non-hydrogen) atoms. The van der Waals surface area contributed by atoms with E-state index in [4.69, 9.17) is 9.84 Å². The minimum absolute atomic E-state index is 0.0979. The lowest BCUT2D eigenvalue weighted by Crippen LogP contribution is -2.22. The molecule has 2 bridgehead atoms. The lowest BCUT2D eigenvalue weighted by Gasteiger charge is -2.21. The Hall–Kier alpha value is -1.93. The second-order valence-corrected chi connectivity index (χ2v) is 4.48. The number of hydrogen-bond donors (Lipinski definition) is 2. The molecule has 0 unspecified atom stereocenters. The predicted molar refractivity (Wildman–Crippen MR) is 61.0 cm³/mol. The summed E-state index contributed by atoms with van der Waals surface area (Å²) >= 11 is 0. The van der Waals surface area contributed by atoms with Crippen LogP contribution in [0.1, 0.15) is 5.56 Å². The average molecular weight is 274 g/mol. The van der Waals surface area contributed by atoms with Gasteiger partial charge in [-0.3, -0.25) is 0 Å². The Morgan fingerprint density at radius 2 is 2.17 bits per heavy atom. The van der Waals surface area contributed by atoms with Gasteiger partial charge in [-0.2, -0.15) is 0 Å². The Kier molecular flexibility index (Phi) is 3.05. The Bertz CT molecular complexity index is 603. The molecule has 0 aliphatic carbocycles. The lowest BCUT2D eigenvalue weighted by atomic mass is 10.1. The maximum atomic E-state index is 11.3. The molecular formula is C10H10O7S. The zero-order chi connectivity index (χ0) is 13.3. The highest BCUT2D eigenvalue weighted by Gasteiger charge is 2.32. The van der Waals surface area contributed by atoms with Gasteiger partial charge in [-0.1, -0.05) is 6.08 Å². The van der Waals surface area contributed by atoms with Crippen molar-refractivity contribution in [2.24, 2.45) is 0 Å². The third-order valence-corrected chi connectivity index (χ3v) is 2.94. The lowest BCUT2D eigenvalue weighted by molar-refractivity contribution is 0.329. The summed E-state index contributed by atoms with van der Waals surface area (Å²) in [6.45, 7) is -0.241. The topological polar surface area (TPSA) is 102 Å². The number of ether oxygens (including phenoxy) is 1. The second kappa shape index (κ2) is 4.39. The third kappa shape index (κ3) is 2.07. The van der Waals surface area contributed by atoms with Crippen molar-refractivity contribution < 1.29 is 31.7 Å². The van der Waals surface area contributed by atoms with E-state index in [0.717, 1.165) is 6.07 Å². The van der Waals surface area contributed by atoms with E-state index >= 15 is 0 Å². The molecule has 0 atom stereocenters. The fraction of sp³-hybridized carbons (Fsp3) is 0.200. The number of phenolic OH excluding ortho intramolecular Hbond substituents is 1. The van der Waals surface area contributed by atoms with Crippen LogP contribution in [0.25, 0.3) is 6.08 Å². The fourth-order valence-corrected chi connectivity index (χ4v) is 2.29. The number of benzene rings is 1. The zero-order valence-electron chi connectivity index (χ0n) is 9.28. The molecule has 1 aliphatic rings. The summed E-state index contributed by atoms with van der Waals surface area (Å²) in [6.07, 6.45) is 2.77. The molecule has 1 aromatic carbocycles. The van der Waals surface area contributed by atoms with Gasteiger partial charge in [-0.05, 0) is 6.08 Å². The average Bonchev–Trinajstić information content (AvgIpc) is 2.26. The molecule has 0 fully saturated rings. The molecule has 0 aromatic heterocycles. The molecule has 0 saturated heterocycles. The Labute approximate surface area is 103 Å². The number of hydrogen-bond acceptors (Lipinski definition) is 7. The number of rotatable bonds is 3.